The molecule has 0 bridgehead atoms. The van der Waals surface area contributed by atoms with Gasteiger partial charge in [0.1, 0.15) is 0 Å². The number of rotatable bonds is 7. The second kappa shape index (κ2) is 8.86. The van der Waals surface area contributed by atoms with Crippen LogP contribution in [0.1, 0.15) is 36.8 Å². The van der Waals surface area contributed by atoms with E-state index in [9.17, 15) is 9.18 Å². The Labute approximate surface area is 184 Å². The highest BCUT2D eigenvalue weighted by atomic mass is 19.1. The van der Waals surface area contributed by atoms with Crippen LogP contribution in [0.2, 0.25) is 0 Å². The van der Waals surface area contributed by atoms with Gasteiger partial charge in [-0.1, -0.05) is 11.2 Å². The molecule has 1 aromatic heterocycles. The molecule has 1 fully saturated rings. The Morgan fingerprint density at radius 2 is 1.78 bits per heavy atom. The predicted molar refractivity (Wildman–Crippen MR) is 113 cm³/mol. The number of carbonyl (C=O) groups is 1. The fraction of sp³-hybridized carbons (Fsp3) is 0.348. The van der Waals surface area contributed by atoms with Crippen molar-refractivity contribution in [1.29, 1.82) is 0 Å². The van der Waals surface area contributed by atoms with E-state index in [-0.39, 0.29) is 35.9 Å². The Morgan fingerprint density at radius 1 is 1.06 bits per heavy atom. The second-order valence-electron chi connectivity index (χ2n) is 7.54. The predicted octanol–water partition coefficient (Wildman–Crippen LogP) is 3.98. The number of ether oxygens (including phenoxy) is 3. The van der Waals surface area contributed by atoms with Crippen molar-refractivity contribution in [3.8, 4) is 28.6 Å². The van der Waals surface area contributed by atoms with Crippen LogP contribution < -0.4 is 14.2 Å². The van der Waals surface area contributed by atoms with Crippen molar-refractivity contribution < 1.29 is 27.9 Å². The van der Waals surface area contributed by atoms with Crippen molar-refractivity contribution >= 4 is 5.91 Å². The van der Waals surface area contributed by atoms with Crippen LogP contribution in [0, 0.1) is 5.82 Å². The summed E-state index contributed by atoms with van der Waals surface area (Å²) in [5, 5.41) is 3.97. The molecule has 4 rings (SSSR count). The SMILES string of the molecule is COc1ccc(-c2noc(C3CC(=O)N(C(C)c4ccc(OC)c(OC)c4)C3)n2)cc1F. The first kappa shape index (κ1) is 21.6. The number of nitrogens with zero attached hydrogens (tertiary/aromatic N) is 3. The van der Waals surface area contributed by atoms with Gasteiger partial charge in [0, 0.05) is 18.5 Å². The largest absolute Gasteiger partial charge is 0.494 e. The minimum Gasteiger partial charge on any atom is -0.494 e. The molecule has 0 radical (unpaired) electrons. The minimum absolute atomic E-state index is 0.00692. The molecule has 1 aliphatic rings. The van der Waals surface area contributed by atoms with Gasteiger partial charge in [-0.05, 0) is 42.8 Å². The minimum atomic E-state index is -0.512. The number of likely N-dealkylation sites (tertiary alicyclic amines) is 1. The van der Waals surface area contributed by atoms with Crippen molar-refractivity contribution in [1.82, 2.24) is 15.0 Å². The van der Waals surface area contributed by atoms with Crippen LogP contribution >= 0.6 is 0 Å². The molecule has 0 spiro atoms. The van der Waals surface area contributed by atoms with Gasteiger partial charge in [-0.2, -0.15) is 4.98 Å². The lowest BCUT2D eigenvalue weighted by Gasteiger charge is -2.25. The van der Waals surface area contributed by atoms with E-state index in [0.29, 0.717) is 29.5 Å². The Hall–Kier alpha value is -3.62. The summed E-state index contributed by atoms with van der Waals surface area (Å²) in [7, 11) is 4.55. The van der Waals surface area contributed by atoms with E-state index in [0.717, 1.165) is 5.56 Å². The normalized spacial score (nSPS) is 16.8. The second-order valence-corrected chi connectivity index (χ2v) is 7.54. The molecular weight excluding hydrogens is 417 g/mol. The quantitative estimate of drug-likeness (QED) is 0.548. The van der Waals surface area contributed by atoms with Gasteiger partial charge in [0.2, 0.25) is 17.6 Å². The zero-order valence-electron chi connectivity index (χ0n) is 18.3. The van der Waals surface area contributed by atoms with Gasteiger partial charge in [-0.15, -0.1) is 0 Å². The summed E-state index contributed by atoms with van der Waals surface area (Å²) in [6, 6.07) is 9.88. The zero-order valence-corrected chi connectivity index (χ0v) is 18.3. The molecular formula is C23H24FN3O5. The molecule has 2 atom stereocenters. The Kier molecular flexibility index (Phi) is 5.98. The molecule has 2 unspecified atom stereocenters. The average Bonchev–Trinajstić information content (AvgIpc) is 3.45. The molecule has 3 aromatic rings. The average molecular weight is 441 g/mol. The third-order valence-electron chi connectivity index (χ3n) is 5.72. The highest BCUT2D eigenvalue weighted by Gasteiger charge is 2.37. The number of carbonyl (C=O) groups excluding carboxylic acids is 1. The topological polar surface area (TPSA) is 86.9 Å². The molecule has 32 heavy (non-hydrogen) atoms. The smallest absolute Gasteiger partial charge is 0.232 e. The van der Waals surface area contributed by atoms with E-state index in [1.54, 1.807) is 25.2 Å². The first-order valence-corrected chi connectivity index (χ1v) is 10.1. The van der Waals surface area contributed by atoms with Crippen LogP contribution in [0.15, 0.2) is 40.9 Å². The fourth-order valence-corrected chi connectivity index (χ4v) is 3.89. The summed E-state index contributed by atoms with van der Waals surface area (Å²) >= 11 is 0. The summed E-state index contributed by atoms with van der Waals surface area (Å²) in [5.74, 6) is 1.23. The van der Waals surface area contributed by atoms with Gasteiger partial charge in [0.05, 0.1) is 33.3 Å². The van der Waals surface area contributed by atoms with Crippen LogP contribution in [-0.2, 0) is 4.79 Å². The first-order valence-electron chi connectivity index (χ1n) is 10.1. The Morgan fingerprint density at radius 3 is 2.47 bits per heavy atom. The van der Waals surface area contributed by atoms with Gasteiger partial charge in [0.15, 0.2) is 23.1 Å². The molecule has 2 aromatic carbocycles. The van der Waals surface area contributed by atoms with Gasteiger partial charge < -0.3 is 23.6 Å². The standard InChI is InChI=1S/C23H24FN3O5/c1-13(14-5-8-19(30-3)20(10-14)31-4)27-12-16(11-21(27)28)23-25-22(26-32-23)15-6-7-18(29-2)17(24)9-15/h5-10,13,16H,11-12H2,1-4H3. The summed E-state index contributed by atoms with van der Waals surface area (Å²) < 4.78 is 35.0. The number of hydrogen-bond donors (Lipinski definition) is 0. The van der Waals surface area contributed by atoms with Crippen LogP contribution in [0.3, 0.4) is 0 Å². The van der Waals surface area contributed by atoms with E-state index in [1.165, 1.54) is 19.2 Å². The van der Waals surface area contributed by atoms with Gasteiger partial charge in [-0.25, -0.2) is 4.39 Å². The number of methoxy groups -OCH3 is 3. The van der Waals surface area contributed by atoms with E-state index in [1.807, 2.05) is 25.1 Å². The van der Waals surface area contributed by atoms with Crippen molar-refractivity contribution in [3.63, 3.8) is 0 Å². The van der Waals surface area contributed by atoms with Crippen molar-refractivity contribution in [2.75, 3.05) is 27.9 Å². The number of aromatic nitrogens is 2. The lowest BCUT2D eigenvalue weighted by Crippen LogP contribution is -2.28. The molecule has 0 N–H and O–H groups in total. The van der Waals surface area contributed by atoms with Gasteiger partial charge in [0.25, 0.3) is 0 Å². The molecule has 0 saturated carbocycles. The van der Waals surface area contributed by atoms with E-state index in [4.69, 9.17) is 18.7 Å². The maximum atomic E-state index is 14.0. The highest BCUT2D eigenvalue weighted by Crippen LogP contribution is 2.37. The molecule has 1 aliphatic heterocycles. The van der Waals surface area contributed by atoms with Crippen molar-refractivity contribution in [2.45, 2.75) is 25.3 Å². The maximum Gasteiger partial charge on any atom is 0.232 e. The molecule has 1 saturated heterocycles. The van der Waals surface area contributed by atoms with Crippen LogP contribution in [0.5, 0.6) is 17.2 Å². The maximum absolute atomic E-state index is 14.0. The summed E-state index contributed by atoms with van der Waals surface area (Å²) in [6.45, 7) is 2.40. The van der Waals surface area contributed by atoms with Gasteiger partial charge in [-0.3, -0.25) is 4.79 Å². The van der Waals surface area contributed by atoms with E-state index < -0.39 is 5.82 Å². The lowest BCUT2D eigenvalue weighted by atomic mass is 10.1. The molecule has 2 heterocycles. The third-order valence-corrected chi connectivity index (χ3v) is 5.72. The summed E-state index contributed by atoms with van der Waals surface area (Å²) in [5.41, 5.74) is 1.40. The molecule has 8 nitrogen and oxygen atoms in total. The fourth-order valence-electron chi connectivity index (χ4n) is 3.89. The molecule has 9 heteroatoms. The number of halogens is 1. The first-order chi connectivity index (χ1) is 15.4. The van der Waals surface area contributed by atoms with Crippen LogP contribution in [-0.4, -0.2) is 48.8 Å². The summed E-state index contributed by atoms with van der Waals surface area (Å²) in [4.78, 5) is 18.9. The monoisotopic (exact) mass is 441 g/mol. The van der Waals surface area contributed by atoms with Crippen LogP contribution in [0.25, 0.3) is 11.4 Å². The van der Waals surface area contributed by atoms with E-state index in [2.05, 4.69) is 10.1 Å². The van der Waals surface area contributed by atoms with Gasteiger partial charge >= 0.3 is 0 Å². The Bertz CT molecular complexity index is 1130. The van der Waals surface area contributed by atoms with Crippen molar-refractivity contribution in [3.05, 3.63) is 53.7 Å². The molecule has 1 amide bonds. The lowest BCUT2D eigenvalue weighted by molar-refractivity contribution is -0.129. The number of hydrogen-bond acceptors (Lipinski definition) is 7. The Balaban J connectivity index is 1.51. The number of benzene rings is 2. The third kappa shape index (κ3) is 3.98. The highest BCUT2D eigenvalue weighted by molar-refractivity contribution is 5.80. The summed E-state index contributed by atoms with van der Waals surface area (Å²) in [6.07, 6.45) is 0.260. The molecule has 168 valence electrons. The molecule has 0 aliphatic carbocycles. The number of amides is 1. The van der Waals surface area contributed by atoms with E-state index >= 15 is 0 Å². The van der Waals surface area contributed by atoms with Crippen molar-refractivity contribution in [2.24, 2.45) is 0 Å². The van der Waals surface area contributed by atoms with Crippen LogP contribution in [0.4, 0.5) is 4.39 Å². The zero-order chi connectivity index (χ0) is 22.8.